The Hall–Kier alpha value is -3.39. The standard InChI is InChI=1S/C23H24N6OS/c1-4-16-8-6-7-9-20(16)28-23(30)27-17-10-12-18(13-11-17)31-21-19(5-2)15(3)26-22-24-14-25-29(21)22/h6-14H,4-5H2,1-3H3,(H2,27,28,30). The van der Waals surface area contributed by atoms with Crippen molar-refractivity contribution in [2.75, 3.05) is 10.6 Å². The minimum atomic E-state index is -0.261. The van der Waals surface area contributed by atoms with E-state index in [0.29, 0.717) is 5.78 Å². The molecular weight excluding hydrogens is 408 g/mol. The highest BCUT2D eigenvalue weighted by atomic mass is 32.2. The summed E-state index contributed by atoms with van der Waals surface area (Å²) < 4.78 is 1.78. The molecule has 0 saturated carbocycles. The molecular formula is C23H24N6OS. The molecule has 0 bridgehead atoms. The van der Waals surface area contributed by atoms with Crippen molar-refractivity contribution < 1.29 is 4.79 Å². The predicted molar refractivity (Wildman–Crippen MR) is 124 cm³/mol. The molecule has 158 valence electrons. The number of nitrogens with one attached hydrogen (secondary N) is 2. The fourth-order valence-electron chi connectivity index (χ4n) is 3.42. The van der Waals surface area contributed by atoms with Crippen LogP contribution in [0.1, 0.15) is 30.7 Å². The number of hydrogen-bond donors (Lipinski definition) is 2. The van der Waals surface area contributed by atoms with E-state index in [1.807, 2.05) is 55.5 Å². The van der Waals surface area contributed by atoms with E-state index in [1.54, 1.807) is 16.3 Å². The molecule has 0 aliphatic heterocycles. The summed E-state index contributed by atoms with van der Waals surface area (Å²) in [6.07, 6.45) is 3.24. The number of carbonyl (C=O) groups excluding carboxylic acids is 1. The third-order valence-corrected chi connectivity index (χ3v) is 6.13. The highest BCUT2D eigenvalue weighted by Crippen LogP contribution is 2.32. The third kappa shape index (κ3) is 4.54. The van der Waals surface area contributed by atoms with Crippen LogP contribution in [0.15, 0.2) is 64.8 Å². The maximum atomic E-state index is 12.4. The zero-order valence-corrected chi connectivity index (χ0v) is 18.5. The van der Waals surface area contributed by atoms with Gasteiger partial charge in [0.05, 0.1) is 0 Å². The minimum absolute atomic E-state index is 0.261. The van der Waals surface area contributed by atoms with Gasteiger partial charge in [0.25, 0.3) is 5.78 Å². The van der Waals surface area contributed by atoms with Crippen molar-refractivity contribution >= 4 is 34.9 Å². The molecule has 2 aromatic heterocycles. The molecule has 0 aliphatic carbocycles. The Morgan fingerprint density at radius 1 is 1.03 bits per heavy atom. The molecule has 2 heterocycles. The van der Waals surface area contributed by atoms with Crippen molar-refractivity contribution in [1.82, 2.24) is 19.6 Å². The highest BCUT2D eigenvalue weighted by molar-refractivity contribution is 7.99. The Kier molecular flexibility index (Phi) is 6.18. The fraction of sp³-hybridized carbons (Fsp3) is 0.217. The molecule has 0 atom stereocenters. The van der Waals surface area contributed by atoms with E-state index in [2.05, 4.69) is 39.5 Å². The Morgan fingerprint density at radius 3 is 2.55 bits per heavy atom. The lowest BCUT2D eigenvalue weighted by molar-refractivity contribution is 0.262. The van der Waals surface area contributed by atoms with Gasteiger partial charge >= 0.3 is 6.03 Å². The van der Waals surface area contributed by atoms with E-state index >= 15 is 0 Å². The number of aromatic nitrogens is 4. The summed E-state index contributed by atoms with van der Waals surface area (Å²) in [4.78, 5) is 22.2. The molecule has 0 unspecified atom stereocenters. The summed E-state index contributed by atoms with van der Waals surface area (Å²) in [5.41, 5.74) is 4.77. The van der Waals surface area contributed by atoms with Gasteiger partial charge < -0.3 is 10.6 Å². The number of benzene rings is 2. The van der Waals surface area contributed by atoms with E-state index in [1.165, 1.54) is 6.33 Å². The van der Waals surface area contributed by atoms with Crippen LogP contribution in [-0.2, 0) is 12.8 Å². The number of hydrogen-bond acceptors (Lipinski definition) is 5. The average Bonchev–Trinajstić information content (AvgIpc) is 3.24. The molecule has 2 N–H and O–H groups in total. The van der Waals surface area contributed by atoms with Gasteiger partial charge in [-0.2, -0.15) is 14.6 Å². The molecule has 0 aliphatic rings. The normalized spacial score (nSPS) is 10.9. The summed E-state index contributed by atoms with van der Waals surface area (Å²) in [7, 11) is 0. The molecule has 8 heteroatoms. The van der Waals surface area contributed by atoms with Gasteiger partial charge in [-0.3, -0.25) is 0 Å². The summed E-state index contributed by atoms with van der Waals surface area (Å²) in [6.45, 7) is 6.18. The summed E-state index contributed by atoms with van der Waals surface area (Å²) >= 11 is 1.61. The van der Waals surface area contributed by atoms with E-state index in [9.17, 15) is 4.79 Å². The largest absolute Gasteiger partial charge is 0.323 e. The first-order valence-electron chi connectivity index (χ1n) is 10.2. The lowest BCUT2D eigenvalue weighted by Gasteiger charge is -2.13. The molecule has 0 fully saturated rings. The topological polar surface area (TPSA) is 84.2 Å². The summed E-state index contributed by atoms with van der Waals surface area (Å²) in [6, 6.07) is 15.3. The van der Waals surface area contributed by atoms with Gasteiger partial charge in [0.15, 0.2) is 0 Å². The Labute approximate surface area is 185 Å². The van der Waals surface area contributed by atoms with Crippen LogP contribution in [0.2, 0.25) is 0 Å². The van der Waals surface area contributed by atoms with Gasteiger partial charge in [-0.15, -0.1) is 0 Å². The van der Waals surface area contributed by atoms with Gasteiger partial charge in [-0.1, -0.05) is 43.8 Å². The van der Waals surface area contributed by atoms with Crippen LogP contribution in [0, 0.1) is 6.92 Å². The number of nitrogens with zero attached hydrogens (tertiary/aromatic N) is 4. The number of anilines is 2. The zero-order valence-electron chi connectivity index (χ0n) is 17.7. The first-order valence-corrected chi connectivity index (χ1v) is 11.0. The van der Waals surface area contributed by atoms with E-state index in [0.717, 1.165) is 51.0 Å². The molecule has 0 radical (unpaired) electrons. The number of urea groups is 1. The maximum absolute atomic E-state index is 12.4. The van der Waals surface area contributed by atoms with Crippen molar-refractivity contribution in [2.24, 2.45) is 0 Å². The fourth-order valence-corrected chi connectivity index (χ4v) is 4.55. The molecule has 4 rings (SSSR count). The second kappa shape index (κ2) is 9.18. The Balaban J connectivity index is 1.49. The van der Waals surface area contributed by atoms with E-state index in [-0.39, 0.29) is 6.03 Å². The van der Waals surface area contributed by atoms with Crippen molar-refractivity contribution in [2.45, 2.75) is 43.5 Å². The number of para-hydroxylation sites is 1. The van der Waals surface area contributed by atoms with Gasteiger partial charge in [0, 0.05) is 27.5 Å². The number of fused-ring (bicyclic) bond motifs is 1. The molecule has 31 heavy (non-hydrogen) atoms. The van der Waals surface area contributed by atoms with Crippen LogP contribution >= 0.6 is 11.8 Å². The lowest BCUT2D eigenvalue weighted by atomic mass is 10.1. The number of aryl methyl sites for hydroxylation is 2. The Morgan fingerprint density at radius 2 is 1.81 bits per heavy atom. The van der Waals surface area contributed by atoms with Crippen molar-refractivity contribution in [3.8, 4) is 0 Å². The molecule has 7 nitrogen and oxygen atoms in total. The summed E-state index contributed by atoms with van der Waals surface area (Å²) in [5.74, 6) is 0.597. The Bertz CT molecular complexity index is 1220. The van der Waals surface area contributed by atoms with E-state index < -0.39 is 0 Å². The monoisotopic (exact) mass is 432 g/mol. The van der Waals surface area contributed by atoms with Gasteiger partial charge in [-0.05, 0) is 55.7 Å². The first-order chi connectivity index (χ1) is 15.1. The zero-order chi connectivity index (χ0) is 21.8. The summed E-state index contributed by atoms with van der Waals surface area (Å²) in [5, 5.41) is 11.2. The van der Waals surface area contributed by atoms with Crippen molar-refractivity contribution in [3.05, 3.63) is 71.7 Å². The first kappa shape index (κ1) is 20.9. The maximum Gasteiger partial charge on any atom is 0.323 e. The van der Waals surface area contributed by atoms with Crippen molar-refractivity contribution in [1.29, 1.82) is 0 Å². The van der Waals surface area contributed by atoms with Crippen LogP contribution < -0.4 is 10.6 Å². The van der Waals surface area contributed by atoms with Crippen LogP contribution in [0.4, 0.5) is 16.2 Å². The SMILES string of the molecule is CCc1ccccc1NC(=O)Nc1ccc(Sc2c(CC)c(C)nc3ncnn23)cc1. The number of carbonyl (C=O) groups is 1. The number of amides is 2. The van der Waals surface area contributed by atoms with Gasteiger partial charge in [0.2, 0.25) is 0 Å². The van der Waals surface area contributed by atoms with Crippen LogP contribution in [0.3, 0.4) is 0 Å². The second-order valence-corrected chi connectivity index (χ2v) is 8.08. The molecule has 2 amide bonds. The van der Waals surface area contributed by atoms with E-state index in [4.69, 9.17) is 0 Å². The average molecular weight is 433 g/mol. The van der Waals surface area contributed by atoms with Crippen LogP contribution in [0.5, 0.6) is 0 Å². The number of rotatable bonds is 6. The van der Waals surface area contributed by atoms with Crippen molar-refractivity contribution in [3.63, 3.8) is 0 Å². The smallest absolute Gasteiger partial charge is 0.308 e. The highest BCUT2D eigenvalue weighted by Gasteiger charge is 2.14. The molecule has 0 spiro atoms. The second-order valence-electron chi connectivity index (χ2n) is 7.02. The van der Waals surface area contributed by atoms with Crippen LogP contribution in [0.25, 0.3) is 5.78 Å². The minimum Gasteiger partial charge on any atom is -0.308 e. The van der Waals surface area contributed by atoms with Crippen LogP contribution in [-0.4, -0.2) is 25.6 Å². The lowest BCUT2D eigenvalue weighted by Crippen LogP contribution is -2.20. The molecule has 2 aromatic carbocycles. The molecule has 0 saturated heterocycles. The molecule has 4 aromatic rings. The van der Waals surface area contributed by atoms with Gasteiger partial charge in [0.1, 0.15) is 11.4 Å². The predicted octanol–water partition coefficient (Wildman–Crippen LogP) is 5.35. The third-order valence-electron chi connectivity index (χ3n) is 5.01. The van der Waals surface area contributed by atoms with Gasteiger partial charge in [-0.25, -0.2) is 9.78 Å². The quantitative estimate of drug-likeness (QED) is 0.401.